The Morgan fingerprint density at radius 1 is 1.67 bits per heavy atom. The van der Waals surface area contributed by atoms with Gasteiger partial charge in [0, 0.05) is 5.88 Å². The highest BCUT2D eigenvalue weighted by molar-refractivity contribution is 6.17. The van der Waals surface area contributed by atoms with E-state index >= 15 is 0 Å². The highest BCUT2D eigenvalue weighted by Crippen LogP contribution is 2.25. The van der Waals surface area contributed by atoms with Crippen LogP contribution >= 0.6 is 11.6 Å². The van der Waals surface area contributed by atoms with Gasteiger partial charge in [0.05, 0.1) is 24.8 Å². The van der Waals surface area contributed by atoms with Crippen LogP contribution in [0.15, 0.2) is 6.07 Å². The van der Waals surface area contributed by atoms with Crippen molar-refractivity contribution in [1.82, 2.24) is 4.98 Å². The largest absolute Gasteiger partial charge is 0.469 e. The van der Waals surface area contributed by atoms with Gasteiger partial charge < -0.3 is 4.74 Å². The summed E-state index contributed by atoms with van der Waals surface area (Å²) in [7, 11) is 1.20. The van der Waals surface area contributed by atoms with Gasteiger partial charge in [-0.3, -0.25) is 4.79 Å². The molecular formula is C11H9ClF2N2O2. The summed E-state index contributed by atoms with van der Waals surface area (Å²) in [6.45, 7) is 0. The quantitative estimate of drug-likeness (QED) is 0.624. The van der Waals surface area contributed by atoms with Crippen molar-refractivity contribution in [2.24, 2.45) is 0 Å². The zero-order chi connectivity index (χ0) is 13.7. The molecule has 1 aromatic rings. The number of ether oxygens (including phenoxy) is 1. The molecule has 0 spiro atoms. The lowest BCUT2D eigenvalue weighted by atomic mass is 10.1. The lowest BCUT2D eigenvalue weighted by Gasteiger charge is -2.09. The third-order valence-corrected chi connectivity index (χ3v) is 2.53. The van der Waals surface area contributed by atoms with Gasteiger partial charge in [0.2, 0.25) is 0 Å². The highest BCUT2D eigenvalue weighted by Gasteiger charge is 2.19. The van der Waals surface area contributed by atoms with Crippen molar-refractivity contribution in [2.75, 3.05) is 7.11 Å². The molecule has 0 amide bonds. The predicted octanol–water partition coefficient (Wildman–Crippen LogP) is 2.35. The minimum atomic E-state index is -2.82. The Labute approximate surface area is 107 Å². The van der Waals surface area contributed by atoms with Gasteiger partial charge in [-0.05, 0) is 11.6 Å². The Balaban J connectivity index is 3.27. The van der Waals surface area contributed by atoms with Crippen LogP contribution in [0.5, 0.6) is 0 Å². The second kappa shape index (κ2) is 6.26. The van der Waals surface area contributed by atoms with E-state index in [1.54, 1.807) is 6.07 Å². The fraction of sp³-hybridized carbons (Fsp3) is 0.364. The summed E-state index contributed by atoms with van der Waals surface area (Å²) >= 11 is 5.61. The smallest absolute Gasteiger partial charge is 0.311 e. The Morgan fingerprint density at radius 2 is 2.33 bits per heavy atom. The molecule has 0 aliphatic carbocycles. The maximum Gasteiger partial charge on any atom is 0.311 e. The number of alkyl halides is 3. The topological polar surface area (TPSA) is 63.0 Å². The molecule has 18 heavy (non-hydrogen) atoms. The number of rotatable bonds is 4. The summed E-state index contributed by atoms with van der Waals surface area (Å²) in [6, 6.07) is 2.67. The lowest BCUT2D eigenvalue weighted by Crippen LogP contribution is -2.11. The molecule has 1 rings (SSSR count). The highest BCUT2D eigenvalue weighted by atomic mass is 35.5. The summed E-state index contributed by atoms with van der Waals surface area (Å²) in [6.07, 6.45) is -3.03. The predicted molar refractivity (Wildman–Crippen MR) is 59.2 cm³/mol. The molecule has 1 aromatic heterocycles. The van der Waals surface area contributed by atoms with Gasteiger partial charge in [-0.25, -0.2) is 13.8 Å². The van der Waals surface area contributed by atoms with Crippen molar-refractivity contribution in [3.05, 3.63) is 28.6 Å². The number of aromatic nitrogens is 1. The van der Waals surface area contributed by atoms with Crippen LogP contribution < -0.4 is 0 Å². The number of methoxy groups -OCH3 is 1. The molecule has 7 heteroatoms. The van der Waals surface area contributed by atoms with E-state index in [-0.39, 0.29) is 23.6 Å². The molecule has 96 valence electrons. The van der Waals surface area contributed by atoms with Crippen molar-refractivity contribution >= 4 is 17.6 Å². The molecule has 1 heterocycles. The second-order valence-electron chi connectivity index (χ2n) is 3.33. The Hall–Kier alpha value is -1.74. The number of esters is 1. The molecule has 0 unspecified atom stereocenters. The first-order valence-electron chi connectivity index (χ1n) is 4.87. The fourth-order valence-electron chi connectivity index (χ4n) is 1.34. The molecule has 0 aromatic carbocycles. The van der Waals surface area contributed by atoms with Gasteiger partial charge in [0.15, 0.2) is 0 Å². The summed E-state index contributed by atoms with van der Waals surface area (Å²) in [5.41, 5.74) is -0.422. The number of nitriles is 1. The van der Waals surface area contributed by atoms with Gasteiger partial charge in [-0.1, -0.05) is 0 Å². The van der Waals surface area contributed by atoms with Gasteiger partial charge in [-0.2, -0.15) is 5.26 Å². The molecule has 4 nitrogen and oxygen atoms in total. The van der Waals surface area contributed by atoms with E-state index in [0.29, 0.717) is 0 Å². The van der Waals surface area contributed by atoms with Crippen molar-refractivity contribution in [2.45, 2.75) is 18.7 Å². The average molecular weight is 275 g/mol. The Morgan fingerprint density at radius 3 is 2.78 bits per heavy atom. The maximum absolute atomic E-state index is 12.7. The lowest BCUT2D eigenvalue weighted by molar-refractivity contribution is -0.139. The number of hydrogen-bond acceptors (Lipinski definition) is 4. The van der Waals surface area contributed by atoms with E-state index in [1.807, 2.05) is 0 Å². The minimum Gasteiger partial charge on any atom is -0.469 e. The van der Waals surface area contributed by atoms with Crippen LogP contribution in [0.4, 0.5) is 8.78 Å². The van der Waals surface area contributed by atoms with Crippen molar-refractivity contribution in [3.8, 4) is 6.07 Å². The Bertz CT molecular complexity index is 501. The first-order chi connectivity index (χ1) is 8.53. The number of hydrogen-bond donors (Lipinski definition) is 0. The van der Waals surface area contributed by atoms with Gasteiger partial charge >= 0.3 is 5.97 Å². The van der Waals surface area contributed by atoms with E-state index in [1.165, 1.54) is 7.11 Å². The average Bonchev–Trinajstić information content (AvgIpc) is 2.37. The Kier molecular flexibility index (Phi) is 4.98. The maximum atomic E-state index is 12.7. The van der Waals surface area contributed by atoms with E-state index in [4.69, 9.17) is 16.9 Å². The zero-order valence-corrected chi connectivity index (χ0v) is 10.2. The monoisotopic (exact) mass is 274 g/mol. The second-order valence-corrected chi connectivity index (χ2v) is 3.60. The normalized spacial score (nSPS) is 10.2. The molecule has 0 aliphatic heterocycles. The van der Waals surface area contributed by atoms with Crippen LogP contribution in [0.3, 0.4) is 0 Å². The van der Waals surface area contributed by atoms with Crippen LogP contribution in [0.1, 0.15) is 28.9 Å². The number of pyridine rings is 1. The molecule has 0 bridgehead atoms. The molecule has 0 aliphatic rings. The van der Waals surface area contributed by atoms with Crippen molar-refractivity contribution < 1.29 is 18.3 Å². The third-order valence-electron chi connectivity index (χ3n) is 2.25. The summed E-state index contributed by atoms with van der Waals surface area (Å²) in [5, 5.41) is 8.75. The van der Waals surface area contributed by atoms with Gasteiger partial charge in [0.1, 0.15) is 11.8 Å². The number of carbonyl (C=O) groups excluding carboxylic acids is 1. The summed E-state index contributed by atoms with van der Waals surface area (Å²) in [4.78, 5) is 14.9. The van der Waals surface area contributed by atoms with E-state index in [9.17, 15) is 13.6 Å². The van der Waals surface area contributed by atoms with E-state index in [2.05, 4.69) is 9.72 Å². The molecule has 0 saturated heterocycles. The van der Waals surface area contributed by atoms with E-state index < -0.39 is 23.7 Å². The first kappa shape index (κ1) is 14.3. The molecule has 0 atom stereocenters. The SMILES string of the molecule is COC(=O)Cc1nc(C#N)c(C(F)F)cc1CCl. The van der Waals surface area contributed by atoms with Crippen molar-refractivity contribution in [3.63, 3.8) is 0 Å². The summed E-state index contributed by atoms with van der Waals surface area (Å²) in [5.74, 6) is -0.660. The molecular weight excluding hydrogens is 266 g/mol. The molecule has 0 fully saturated rings. The number of halogens is 3. The van der Waals surface area contributed by atoms with Crippen LogP contribution in [0.2, 0.25) is 0 Å². The molecule has 0 saturated carbocycles. The zero-order valence-electron chi connectivity index (χ0n) is 9.41. The van der Waals surface area contributed by atoms with Crippen LogP contribution in [-0.4, -0.2) is 18.1 Å². The summed E-state index contributed by atoms with van der Waals surface area (Å²) < 4.78 is 29.8. The molecule has 0 N–H and O–H groups in total. The van der Waals surface area contributed by atoms with Gasteiger partial charge in [0.25, 0.3) is 6.43 Å². The third kappa shape index (κ3) is 3.14. The van der Waals surface area contributed by atoms with Gasteiger partial charge in [-0.15, -0.1) is 11.6 Å². The first-order valence-corrected chi connectivity index (χ1v) is 5.40. The fourth-order valence-corrected chi connectivity index (χ4v) is 1.58. The van der Waals surface area contributed by atoms with Crippen LogP contribution in [-0.2, 0) is 21.8 Å². The van der Waals surface area contributed by atoms with E-state index in [0.717, 1.165) is 6.07 Å². The number of nitrogens with zero attached hydrogens (tertiary/aromatic N) is 2. The number of carbonyl (C=O) groups is 1. The van der Waals surface area contributed by atoms with Crippen LogP contribution in [0.25, 0.3) is 0 Å². The molecule has 0 radical (unpaired) electrons. The standard InChI is InChI=1S/C11H9ClF2N2O2/c1-18-10(17)3-8-6(4-12)2-7(11(13)14)9(5-15)16-8/h2,11H,3-4H2,1H3. The van der Waals surface area contributed by atoms with Crippen molar-refractivity contribution in [1.29, 1.82) is 5.26 Å². The minimum absolute atomic E-state index is 0.0786. The van der Waals surface area contributed by atoms with Crippen LogP contribution in [0, 0.1) is 11.3 Å².